The van der Waals surface area contributed by atoms with E-state index in [1.54, 1.807) is 20.1 Å². The second-order valence-electron chi connectivity index (χ2n) is 17.2. The van der Waals surface area contributed by atoms with Crippen LogP contribution in [-0.2, 0) is 33.3 Å². The van der Waals surface area contributed by atoms with Crippen molar-refractivity contribution in [2.24, 2.45) is 28.5 Å². The molecule has 0 aromatic heterocycles. The molecule has 1 saturated heterocycles. The van der Waals surface area contributed by atoms with Crippen molar-refractivity contribution in [3.63, 3.8) is 0 Å². The van der Waals surface area contributed by atoms with Crippen molar-refractivity contribution in [2.75, 3.05) is 85.6 Å². The molecule has 1 fully saturated rings. The molecule has 6 unspecified atom stereocenters. The average Bonchev–Trinajstić information content (AvgIpc) is 3.36. The van der Waals surface area contributed by atoms with Gasteiger partial charge in [-0.25, -0.2) is 0 Å². The van der Waals surface area contributed by atoms with Gasteiger partial charge in [-0.15, -0.1) is 0 Å². The fourth-order valence-electron chi connectivity index (χ4n) is 7.36. The SMILES string of the molecule is CCO[C@@H](C(C=NCCCCCO)NC(C)=O)[C@H](C)C(O)CO.CCO[C@@H](C(CNCCCCCO)NC(C)=O)[C@H](C)C(O)CO.CCO[C@H]1C(NC(C)=O)[C@@H](O)OC(CO)[C@H]1C.NCCCCCO.[B].[C-]#N.[Na+]. The number of rotatable bonds is 35. The summed E-state index contributed by atoms with van der Waals surface area (Å²) in [4.78, 5) is 38.3. The minimum Gasteiger partial charge on any atom is -0.512 e. The van der Waals surface area contributed by atoms with Crippen LogP contribution in [0.3, 0.4) is 0 Å². The maximum absolute atomic E-state index is 11.5. The molecule has 13 atom stereocenters. The van der Waals surface area contributed by atoms with Crippen LogP contribution in [0.1, 0.15) is 120 Å². The second-order valence-corrected chi connectivity index (χ2v) is 17.2. The zero-order valence-corrected chi connectivity index (χ0v) is 48.6. The molecule has 0 aromatic rings. The molecular formula is C49H100BN7NaO16. The number of nitrogens with two attached hydrogens (primary N) is 1. The van der Waals surface area contributed by atoms with Crippen LogP contribution in [0.5, 0.6) is 0 Å². The van der Waals surface area contributed by atoms with E-state index in [0.717, 1.165) is 70.9 Å². The first-order valence-electron chi connectivity index (χ1n) is 25.5. The van der Waals surface area contributed by atoms with Crippen LogP contribution >= 0.6 is 0 Å². The largest absolute Gasteiger partial charge is 1.00 e. The van der Waals surface area contributed by atoms with E-state index in [1.807, 2.05) is 27.7 Å². The third kappa shape index (κ3) is 42.1. The van der Waals surface area contributed by atoms with E-state index in [9.17, 15) is 29.7 Å². The van der Waals surface area contributed by atoms with Crippen LogP contribution in [0, 0.1) is 29.6 Å². The third-order valence-electron chi connectivity index (χ3n) is 11.3. The van der Waals surface area contributed by atoms with E-state index in [2.05, 4.69) is 26.3 Å². The van der Waals surface area contributed by atoms with Gasteiger partial charge in [0.15, 0.2) is 6.29 Å². The van der Waals surface area contributed by atoms with Gasteiger partial charge >= 0.3 is 29.6 Å². The molecule has 0 bridgehead atoms. The number of carbonyl (C=O) groups is 3. The minimum absolute atomic E-state index is 0. The summed E-state index contributed by atoms with van der Waals surface area (Å²) in [7, 11) is 0. The van der Waals surface area contributed by atoms with Crippen molar-refractivity contribution >= 4 is 32.3 Å². The topological polar surface area (TPSA) is 380 Å². The molecule has 0 saturated carbocycles. The summed E-state index contributed by atoms with van der Waals surface area (Å²) in [6, 6.07) is -1.37. The molecule has 0 aromatic carbocycles. The number of nitrogens with zero attached hydrogens (tertiary/aromatic N) is 2. The molecule has 1 rings (SSSR count). The molecule has 1 heterocycles. The van der Waals surface area contributed by atoms with Gasteiger partial charge in [0.05, 0.1) is 68.5 Å². The number of carbonyl (C=O) groups excluding carboxylic acids is 3. The number of amides is 3. The molecule has 3 radical (unpaired) electrons. The number of unbranched alkanes of at least 4 members (excludes halogenated alkanes) is 6. The second kappa shape index (κ2) is 57.2. The van der Waals surface area contributed by atoms with Gasteiger partial charge in [-0.1, -0.05) is 20.8 Å². The standard InChI is InChI=1S/C16H34N2O5.C16H32N2O5.C11H21NO5.C5H13NO.CN.B.Na/c2*1-4-23-16(12(2)15(22)11-20)14(18-13(3)21)10-17-8-6-5-7-9-19;1-4-16-10-6(2)8(5-13)17-11(15)9(10)12-7(3)14;6-4-2-1-3-5-7;1-2;;/h12,14-17,19-20,22H,4-11H2,1-3H3,(H,18,21);10,12,14-16,19-20,22H,4-9,11H2,1-3H3,(H,18,21);6,8-11,13,15H,4-5H2,1-3H3,(H,12,14);7H,1-6H2;;;/q;;;;-1;;+1/t2*12-,14?,15?,16-;6-,8?,9?,10-,11+;;;;/m111..../s1. The molecule has 0 spiro atoms. The van der Waals surface area contributed by atoms with E-state index >= 15 is 0 Å². The Morgan fingerprint density at radius 3 is 1.66 bits per heavy atom. The summed E-state index contributed by atoms with van der Waals surface area (Å²) in [5.41, 5.74) is 5.19. The van der Waals surface area contributed by atoms with Gasteiger partial charge in [-0.05, 0) is 91.6 Å². The predicted molar refractivity (Wildman–Crippen MR) is 280 cm³/mol. The maximum Gasteiger partial charge on any atom is 1.00 e. The monoisotopic (exact) mass is 1080 g/mol. The minimum atomic E-state index is -1.16. The van der Waals surface area contributed by atoms with Crippen LogP contribution in [0.4, 0.5) is 0 Å². The first-order valence-corrected chi connectivity index (χ1v) is 25.5. The van der Waals surface area contributed by atoms with E-state index in [-0.39, 0.29) is 119 Å². The van der Waals surface area contributed by atoms with Crippen LogP contribution in [0.2, 0.25) is 0 Å². The van der Waals surface area contributed by atoms with Crippen molar-refractivity contribution < 1.29 is 109 Å². The summed E-state index contributed by atoms with van der Waals surface area (Å²) in [6.07, 6.45) is 5.13. The summed E-state index contributed by atoms with van der Waals surface area (Å²) >= 11 is 0. The maximum atomic E-state index is 11.5. The van der Waals surface area contributed by atoms with E-state index in [4.69, 9.17) is 67.2 Å². The summed E-state index contributed by atoms with van der Waals surface area (Å²) < 4.78 is 22.2. The molecule has 23 nitrogen and oxygen atoms in total. The number of hydrogen-bond donors (Lipinski definition) is 14. The zero-order chi connectivity index (χ0) is 55.9. The first kappa shape index (κ1) is 83.4. The van der Waals surface area contributed by atoms with Crippen molar-refractivity contribution in [1.82, 2.24) is 21.3 Å². The smallest absolute Gasteiger partial charge is 0.512 e. The Morgan fingerprint density at radius 2 is 1.23 bits per heavy atom. The van der Waals surface area contributed by atoms with E-state index in [1.165, 1.54) is 20.8 Å². The Labute approximate surface area is 467 Å². The predicted octanol–water partition coefficient (Wildman–Crippen LogP) is -4.17. The quantitative estimate of drug-likeness (QED) is 0.0124. The molecule has 431 valence electrons. The van der Waals surface area contributed by atoms with Gasteiger partial charge in [0.25, 0.3) is 0 Å². The number of ether oxygens (including phenoxy) is 4. The van der Waals surface area contributed by atoms with E-state index in [0.29, 0.717) is 39.5 Å². The normalized spacial score (nSPS) is 20.0. The molecule has 1 aliphatic heterocycles. The Balaban J connectivity index is -0.000000215. The molecule has 1 aliphatic rings. The fourth-order valence-corrected chi connectivity index (χ4v) is 7.36. The fraction of sp³-hybridized carbons (Fsp3) is 0.898. The number of nitrogens with one attached hydrogen (secondary N) is 4. The molecule has 0 aliphatic carbocycles. The van der Waals surface area contributed by atoms with Gasteiger partial charge < -0.3 is 104 Å². The summed E-state index contributed by atoms with van der Waals surface area (Å²) in [6.45, 7) is 23.8. The third-order valence-corrected chi connectivity index (χ3v) is 11.3. The Bertz CT molecular complexity index is 1320. The number of aliphatic hydroxyl groups excluding tert-OH is 9. The van der Waals surface area contributed by atoms with Gasteiger partial charge in [0, 0.05) is 106 Å². The first-order chi connectivity index (χ1) is 34.4. The van der Waals surface area contributed by atoms with Crippen LogP contribution in [0.15, 0.2) is 4.99 Å². The zero-order valence-electron chi connectivity index (χ0n) is 46.6. The van der Waals surface area contributed by atoms with Gasteiger partial charge in [-0.3, -0.25) is 19.4 Å². The molecule has 74 heavy (non-hydrogen) atoms. The Hall–Kier alpha value is -1.97. The number of aliphatic imine (C=N–C) groups is 1. The average molecular weight is 1080 g/mol. The number of aliphatic hydroxyl groups is 9. The van der Waals surface area contributed by atoms with Gasteiger partial charge in [0.2, 0.25) is 17.7 Å². The van der Waals surface area contributed by atoms with Crippen LogP contribution < -0.4 is 56.6 Å². The van der Waals surface area contributed by atoms with Crippen LogP contribution in [-0.4, -0.2) is 225 Å². The van der Waals surface area contributed by atoms with Crippen LogP contribution in [0.25, 0.3) is 0 Å². The van der Waals surface area contributed by atoms with Gasteiger partial charge in [0.1, 0.15) is 6.04 Å². The Kier molecular flexibility index (Phi) is 64.5. The van der Waals surface area contributed by atoms with Gasteiger partial charge in [-0.2, -0.15) is 0 Å². The molecule has 3 amide bonds. The summed E-state index contributed by atoms with van der Waals surface area (Å²) in [5, 5.41) is 101. The molecule has 25 heteroatoms. The Morgan fingerprint density at radius 1 is 0.743 bits per heavy atom. The number of hydrogen-bond acceptors (Lipinski definition) is 20. The van der Waals surface area contributed by atoms with Crippen molar-refractivity contribution in [2.45, 2.75) is 181 Å². The van der Waals surface area contributed by atoms with Crippen molar-refractivity contribution in [1.29, 1.82) is 5.26 Å². The molecular weight excluding hydrogens is 976 g/mol. The van der Waals surface area contributed by atoms with Crippen molar-refractivity contribution in [3.8, 4) is 0 Å². The van der Waals surface area contributed by atoms with Crippen molar-refractivity contribution in [3.05, 3.63) is 6.57 Å². The van der Waals surface area contributed by atoms with E-state index < -0.39 is 48.9 Å². The molecule has 15 N–H and O–H groups in total. The summed E-state index contributed by atoms with van der Waals surface area (Å²) in [5.74, 6) is -1.41.